The van der Waals surface area contributed by atoms with Crippen molar-refractivity contribution in [2.24, 2.45) is 0 Å². The molecule has 0 saturated heterocycles. The highest BCUT2D eigenvalue weighted by Crippen LogP contribution is 2.36. The van der Waals surface area contributed by atoms with Gasteiger partial charge in [-0.05, 0) is 24.1 Å². The Hall–Kier alpha value is -0.840. The molecule has 0 aliphatic rings. The summed E-state index contributed by atoms with van der Waals surface area (Å²) < 4.78 is 14.8. The van der Waals surface area contributed by atoms with Crippen molar-refractivity contribution in [3.05, 3.63) is 53.6 Å². The van der Waals surface area contributed by atoms with Gasteiger partial charge in [-0.1, -0.05) is 67.9 Å². The highest BCUT2D eigenvalue weighted by atomic mass is 35.5. The monoisotopic (exact) mass is 386 g/mol. The number of imidazole rings is 1. The summed E-state index contributed by atoms with van der Waals surface area (Å²) in [7, 11) is -1.06. The van der Waals surface area contributed by atoms with Crippen molar-refractivity contribution in [1.82, 2.24) is 9.55 Å². The first kappa shape index (κ1) is 19.5. The Morgan fingerprint density at radius 2 is 1.88 bits per heavy atom. The summed E-state index contributed by atoms with van der Waals surface area (Å²) in [5.41, 5.74) is 0.505. The minimum atomic E-state index is -1.06. The molecule has 132 valence electrons. The summed E-state index contributed by atoms with van der Waals surface area (Å²) in [6.45, 7) is 2.19. The molecule has 1 aromatic carbocycles. The van der Waals surface area contributed by atoms with Crippen LogP contribution < -0.4 is 0 Å². The molecule has 3 unspecified atom stereocenters. The average molecular weight is 387 g/mol. The molecule has 0 fully saturated rings. The van der Waals surface area contributed by atoms with Gasteiger partial charge in [0.15, 0.2) is 0 Å². The van der Waals surface area contributed by atoms with Crippen LogP contribution in [0, 0.1) is 0 Å². The molecular weight excluding hydrogens is 363 g/mol. The molecule has 0 aliphatic heterocycles. The molecule has 1 aromatic heterocycles. The van der Waals surface area contributed by atoms with Crippen molar-refractivity contribution in [2.45, 2.75) is 49.8 Å². The van der Waals surface area contributed by atoms with Crippen molar-refractivity contribution < 1.29 is 4.21 Å². The van der Waals surface area contributed by atoms with E-state index in [2.05, 4.69) is 11.9 Å². The minimum absolute atomic E-state index is 0.288. The average Bonchev–Trinajstić information content (AvgIpc) is 3.11. The molecular formula is C18H24Cl2N2OS. The first-order valence-corrected chi connectivity index (χ1v) is 10.6. The summed E-state index contributed by atoms with van der Waals surface area (Å²) in [5, 5.41) is 0.376. The first-order valence-electron chi connectivity index (χ1n) is 8.37. The van der Waals surface area contributed by atoms with Gasteiger partial charge in [-0.25, -0.2) is 4.98 Å². The molecule has 1 heterocycles. The topological polar surface area (TPSA) is 34.9 Å². The van der Waals surface area contributed by atoms with E-state index in [9.17, 15) is 4.21 Å². The van der Waals surface area contributed by atoms with Crippen LogP contribution in [0.5, 0.6) is 0 Å². The van der Waals surface area contributed by atoms with E-state index in [1.807, 2.05) is 24.3 Å². The van der Waals surface area contributed by atoms with E-state index in [-0.39, 0.29) is 5.25 Å². The van der Waals surface area contributed by atoms with Crippen LogP contribution >= 0.6 is 23.2 Å². The molecule has 3 nitrogen and oxygen atoms in total. The first-order chi connectivity index (χ1) is 11.6. The number of halogens is 2. The number of rotatable bonds is 10. The van der Waals surface area contributed by atoms with Gasteiger partial charge in [-0.15, -0.1) is 0 Å². The Morgan fingerprint density at radius 1 is 1.17 bits per heavy atom. The van der Waals surface area contributed by atoms with Crippen molar-refractivity contribution in [3.63, 3.8) is 0 Å². The summed E-state index contributed by atoms with van der Waals surface area (Å²) in [4.78, 5) is 4.05. The number of hydrogen-bond acceptors (Lipinski definition) is 2. The summed E-state index contributed by atoms with van der Waals surface area (Å²) in [6.07, 6.45) is 10.9. The van der Waals surface area contributed by atoms with Gasteiger partial charge in [0.1, 0.15) is 5.50 Å². The lowest BCUT2D eigenvalue weighted by Crippen LogP contribution is -2.19. The smallest absolute Gasteiger partial charge is 0.127 e. The molecule has 0 aliphatic carbocycles. The van der Waals surface area contributed by atoms with Crippen molar-refractivity contribution in [1.29, 1.82) is 0 Å². The van der Waals surface area contributed by atoms with Crippen LogP contribution in [-0.2, 0) is 10.8 Å². The fraction of sp³-hybridized carbons (Fsp3) is 0.500. The van der Waals surface area contributed by atoms with E-state index in [1.54, 1.807) is 23.3 Å². The number of hydrogen-bond donors (Lipinski definition) is 0. The molecule has 0 amide bonds. The Bertz CT molecular complexity index is 616. The highest BCUT2D eigenvalue weighted by molar-refractivity contribution is 7.85. The van der Waals surface area contributed by atoms with E-state index in [0.29, 0.717) is 10.8 Å². The largest absolute Gasteiger partial charge is 0.319 e. The summed E-state index contributed by atoms with van der Waals surface area (Å²) in [6, 6.07) is 7.46. The normalized spacial score (nSPS) is 15.1. The van der Waals surface area contributed by atoms with Crippen LogP contribution in [0.25, 0.3) is 0 Å². The lowest BCUT2D eigenvalue weighted by Gasteiger charge is -2.23. The van der Waals surface area contributed by atoms with E-state index in [0.717, 1.165) is 18.4 Å². The minimum Gasteiger partial charge on any atom is -0.319 e. The molecule has 2 rings (SSSR count). The lowest BCUT2D eigenvalue weighted by molar-refractivity contribution is 0.608. The quantitative estimate of drug-likeness (QED) is 0.385. The van der Waals surface area contributed by atoms with Gasteiger partial charge in [-0.3, -0.25) is 4.21 Å². The molecule has 0 spiro atoms. The number of benzene rings is 1. The fourth-order valence-electron chi connectivity index (χ4n) is 2.63. The molecule has 6 heteroatoms. The van der Waals surface area contributed by atoms with Crippen LogP contribution in [0.4, 0.5) is 0 Å². The third-order valence-electron chi connectivity index (χ3n) is 3.99. The molecule has 0 N–H and O–H groups in total. The van der Waals surface area contributed by atoms with E-state index in [4.69, 9.17) is 23.2 Å². The Balaban J connectivity index is 2.10. The van der Waals surface area contributed by atoms with Gasteiger partial charge in [0.05, 0.1) is 11.6 Å². The molecule has 0 saturated carbocycles. The Kier molecular flexibility index (Phi) is 8.30. The molecule has 24 heavy (non-hydrogen) atoms. The Labute approximate surface area is 156 Å². The van der Waals surface area contributed by atoms with Crippen molar-refractivity contribution >= 4 is 34.0 Å². The van der Waals surface area contributed by atoms with Gasteiger partial charge < -0.3 is 4.57 Å². The fourth-order valence-corrected chi connectivity index (χ4v) is 4.96. The highest BCUT2D eigenvalue weighted by Gasteiger charge is 2.28. The third-order valence-corrected chi connectivity index (χ3v) is 6.66. The summed E-state index contributed by atoms with van der Waals surface area (Å²) >= 11 is 12.6. The SMILES string of the molecule is CCCCCCCS(=O)C(c1ccc(Cl)cc1)C(Cl)n1ccnc1. The van der Waals surface area contributed by atoms with Crippen LogP contribution in [0.15, 0.2) is 43.0 Å². The van der Waals surface area contributed by atoms with Gasteiger partial charge in [0.2, 0.25) is 0 Å². The van der Waals surface area contributed by atoms with Crippen molar-refractivity contribution in [3.8, 4) is 0 Å². The number of alkyl halides is 1. The molecule has 0 bridgehead atoms. The lowest BCUT2D eigenvalue weighted by atomic mass is 10.1. The summed E-state index contributed by atoms with van der Waals surface area (Å²) in [5.74, 6) is 0.662. The van der Waals surface area contributed by atoms with Crippen LogP contribution in [0.1, 0.15) is 55.3 Å². The van der Waals surface area contributed by atoms with Gasteiger partial charge >= 0.3 is 0 Å². The van der Waals surface area contributed by atoms with Gasteiger partial charge in [-0.2, -0.15) is 0 Å². The number of unbranched alkanes of at least 4 members (excludes halogenated alkanes) is 4. The number of aromatic nitrogens is 2. The molecule has 3 atom stereocenters. The maximum absolute atomic E-state index is 13.0. The van der Waals surface area contributed by atoms with Gasteiger partial charge in [0.25, 0.3) is 0 Å². The van der Waals surface area contributed by atoms with Crippen LogP contribution in [0.2, 0.25) is 5.02 Å². The second-order valence-corrected chi connectivity index (χ2v) is 8.41. The predicted octanol–water partition coefficient (Wildman–Crippen LogP) is 5.73. The predicted molar refractivity (Wildman–Crippen MR) is 103 cm³/mol. The molecule has 2 aromatic rings. The number of nitrogens with zero attached hydrogens (tertiary/aromatic N) is 2. The zero-order chi connectivity index (χ0) is 17.4. The molecule has 0 radical (unpaired) electrons. The van der Waals surface area contributed by atoms with E-state index < -0.39 is 16.3 Å². The van der Waals surface area contributed by atoms with Crippen molar-refractivity contribution in [2.75, 3.05) is 5.75 Å². The zero-order valence-corrected chi connectivity index (χ0v) is 16.2. The Morgan fingerprint density at radius 3 is 2.50 bits per heavy atom. The second-order valence-electron chi connectivity index (χ2n) is 5.85. The second kappa shape index (κ2) is 10.2. The van der Waals surface area contributed by atoms with E-state index in [1.165, 1.54) is 19.3 Å². The standard InChI is InChI=1S/C18H24Cl2N2OS/c1-2-3-4-5-6-13-24(23)17(15-7-9-16(19)10-8-15)18(20)22-12-11-21-14-22/h7-12,14,17-18H,2-6,13H2,1H3. The maximum atomic E-state index is 13.0. The van der Waals surface area contributed by atoms with Crippen LogP contribution in [-0.4, -0.2) is 19.5 Å². The van der Waals surface area contributed by atoms with Crippen LogP contribution in [0.3, 0.4) is 0 Å². The maximum Gasteiger partial charge on any atom is 0.127 e. The third kappa shape index (κ3) is 5.61. The zero-order valence-electron chi connectivity index (χ0n) is 13.9. The van der Waals surface area contributed by atoms with E-state index >= 15 is 0 Å². The van der Waals surface area contributed by atoms with Gasteiger partial charge in [0, 0.05) is 34.0 Å².